The Labute approximate surface area is 92.5 Å². The average molecular weight is 224 g/mol. The first-order chi connectivity index (χ1) is 6.81. The molecule has 0 unspecified atom stereocenters. The van der Waals surface area contributed by atoms with Gasteiger partial charge in [-0.3, -0.25) is 0 Å². The Morgan fingerprint density at radius 1 is 1.29 bits per heavy atom. The van der Waals surface area contributed by atoms with E-state index in [9.17, 15) is 0 Å². The van der Waals surface area contributed by atoms with Gasteiger partial charge in [-0.15, -0.1) is 11.8 Å². The molecule has 0 atom stereocenters. The summed E-state index contributed by atoms with van der Waals surface area (Å²) in [5.74, 6) is 1.07. The van der Waals surface area contributed by atoms with E-state index in [-0.39, 0.29) is 0 Å². The van der Waals surface area contributed by atoms with Gasteiger partial charge in [-0.05, 0) is 30.0 Å². The second kappa shape index (κ2) is 4.20. The molecular formula is C11H10ClNS. The van der Waals surface area contributed by atoms with E-state index in [1.54, 1.807) is 0 Å². The van der Waals surface area contributed by atoms with Crippen LogP contribution in [0.15, 0.2) is 35.2 Å². The van der Waals surface area contributed by atoms with Gasteiger partial charge in [0.25, 0.3) is 0 Å². The molecule has 3 heteroatoms. The monoisotopic (exact) mass is 223 g/mol. The molecule has 1 aromatic heterocycles. The van der Waals surface area contributed by atoms with E-state index in [1.165, 1.54) is 10.3 Å². The Balaban J connectivity index is 2.62. The molecule has 0 bridgehead atoms. The summed E-state index contributed by atoms with van der Waals surface area (Å²) in [6.07, 6.45) is 0. The van der Waals surface area contributed by atoms with Gasteiger partial charge in [0.1, 0.15) is 5.15 Å². The third kappa shape index (κ3) is 1.86. The number of aromatic nitrogens is 1. The van der Waals surface area contributed by atoms with Crippen LogP contribution in [0, 0.1) is 0 Å². The van der Waals surface area contributed by atoms with Crippen molar-refractivity contribution in [2.75, 3.05) is 5.75 Å². The lowest BCUT2D eigenvalue weighted by molar-refractivity contribution is 1.38. The minimum atomic E-state index is 0.552. The average Bonchev–Trinajstić information content (AvgIpc) is 2.18. The van der Waals surface area contributed by atoms with E-state index >= 15 is 0 Å². The number of hydrogen-bond donors (Lipinski definition) is 0. The molecule has 0 radical (unpaired) electrons. The van der Waals surface area contributed by atoms with Gasteiger partial charge in [-0.2, -0.15) is 0 Å². The van der Waals surface area contributed by atoms with Gasteiger partial charge in [-0.25, -0.2) is 4.98 Å². The molecule has 0 aliphatic heterocycles. The summed E-state index contributed by atoms with van der Waals surface area (Å²) in [4.78, 5) is 5.54. The van der Waals surface area contributed by atoms with Gasteiger partial charge >= 0.3 is 0 Å². The standard InChI is InChI=1S/C11H10ClNS/c1-2-14-10-5-3-4-9-8(10)6-7-11(12)13-9/h3-7H,2H2,1H3. The van der Waals surface area contributed by atoms with E-state index in [4.69, 9.17) is 11.6 Å². The van der Waals surface area contributed by atoms with E-state index in [2.05, 4.69) is 18.0 Å². The highest BCUT2D eigenvalue weighted by atomic mass is 35.5. The first-order valence-corrected chi connectivity index (χ1v) is 5.85. The zero-order chi connectivity index (χ0) is 9.97. The van der Waals surface area contributed by atoms with Gasteiger partial charge < -0.3 is 0 Å². The van der Waals surface area contributed by atoms with Crippen LogP contribution in [0.1, 0.15) is 6.92 Å². The molecular weight excluding hydrogens is 214 g/mol. The van der Waals surface area contributed by atoms with Gasteiger partial charge in [0.2, 0.25) is 0 Å². The van der Waals surface area contributed by atoms with E-state index in [0.29, 0.717) is 5.15 Å². The van der Waals surface area contributed by atoms with Crippen LogP contribution < -0.4 is 0 Å². The normalized spacial score (nSPS) is 10.7. The summed E-state index contributed by atoms with van der Waals surface area (Å²) in [5, 5.41) is 1.74. The molecule has 0 fully saturated rings. The number of halogens is 1. The fourth-order valence-corrected chi connectivity index (χ4v) is 2.35. The first-order valence-electron chi connectivity index (χ1n) is 4.49. The maximum absolute atomic E-state index is 5.83. The molecule has 0 N–H and O–H groups in total. The van der Waals surface area contributed by atoms with Crippen molar-refractivity contribution < 1.29 is 0 Å². The first kappa shape index (κ1) is 9.81. The molecule has 1 nitrogen and oxygen atoms in total. The topological polar surface area (TPSA) is 12.9 Å². The van der Waals surface area contributed by atoms with Crippen LogP contribution in [0.2, 0.25) is 5.15 Å². The molecule has 72 valence electrons. The number of pyridine rings is 1. The van der Waals surface area contributed by atoms with Crippen LogP contribution >= 0.6 is 23.4 Å². The van der Waals surface area contributed by atoms with E-state index < -0.39 is 0 Å². The molecule has 14 heavy (non-hydrogen) atoms. The minimum absolute atomic E-state index is 0.552. The fraction of sp³-hybridized carbons (Fsp3) is 0.182. The maximum Gasteiger partial charge on any atom is 0.129 e. The molecule has 0 saturated carbocycles. The number of rotatable bonds is 2. The van der Waals surface area contributed by atoms with Crippen LogP contribution in [0.3, 0.4) is 0 Å². The Kier molecular flexibility index (Phi) is 2.94. The van der Waals surface area contributed by atoms with E-state index in [0.717, 1.165) is 11.3 Å². The van der Waals surface area contributed by atoms with Crippen molar-refractivity contribution in [1.29, 1.82) is 0 Å². The summed E-state index contributed by atoms with van der Waals surface area (Å²) < 4.78 is 0. The second-order valence-electron chi connectivity index (χ2n) is 2.89. The van der Waals surface area contributed by atoms with Crippen molar-refractivity contribution in [3.63, 3.8) is 0 Å². The van der Waals surface area contributed by atoms with Gasteiger partial charge in [0.15, 0.2) is 0 Å². The van der Waals surface area contributed by atoms with Gasteiger partial charge in [0.05, 0.1) is 5.52 Å². The number of nitrogens with zero attached hydrogens (tertiary/aromatic N) is 1. The van der Waals surface area contributed by atoms with E-state index in [1.807, 2.05) is 36.0 Å². The predicted octanol–water partition coefficient (Wildman–Crippen LogP) is 4.00. The lowest BCUT2D eigenvalue weighted by atomic mass is 10.2. The summed E-state index contributed by atoms with van der Waals surface area (Å²) in [6, 6.07) is 9.99. The molecule has 0 aliphatic carbocycles. The molecule has 0 spiro atoms. The quantitative estimate of drug-likeness (QED) is 0.564. The molecule has 1 heterocycles. The van der Waals surface area contributed by atoms with Crippen molar-refractivity contribution in [3.05, 3.63) is 35.5 Å². The molecule has 0 aliphatic rings. The van der Waals surface area contributed by atoms with Gasteiger partial charge in [0, 0.05) is 10.3 Å². The second-order valence-corrected chi connectivity index (χ2v) is 4.58. The molecule has 1 aromatic carbocycles. The number of thioether (sulfide) groups is 1. The zero-order valence-corrected chi connectivity index (χ0v) is 9.40. The largest absolute Gasteiger partial charge is 0.236 e. The smallest absolute Gasteiger partial charge is 0.129 e. The summed E-state index contributed by atoms with van der Waals surface area (Å²) in [5.41, 5.74) is 0.968. The lowest BCUT2D eigenvalue weighted by Crippen LogP contribution is -1.82. The Bertz CT molecular complexity index is 456. The van der Waals surface area contributed by atoms with Crippen molar-refractivity contribution in [3.8, 4) is 0 Å². The molecule has 2 rings (SSSR count). The Hall–Kier alpha value is -0.730. The molecule has 0 saturated heterocycles. The summed E-state index contributed by atoms with van der Waals surface area (Å²) in [7, 11) is 0. The highest BCUT2D eigenvalue weighted by Crippen LogP contribution is 2.27. The Morgan fingerprint density at radius 3 is 2.93 bits per heavy atom. The van der Waals surface area contributed by atoms with Crippen molar-refractivity contribution in [2.24, 2.45) is 0 Å². The van der Waals surface area contributed by atoms with Gasteiger partial charge in [-0.1, -0.05) is 24.6 Å². The van der Waals surface area contributed by atoms with Crippen molar-refractivity contribution >= 4 is 34.3 Å². The Morgan fingerprint density at radius 2 is 2.14 bits per heavy atom. The third-order valence-electron chi connectivity index (χ3n) is 1.96. The van der Waals surface area contributed by atoms with Crippen LogP contribution in [-0.2, 0) is 0 Å². The number of hydrogen-bond acceptors (Lipinski definition) is 2. The lowest BCUT2D eigenvalue weighted by Gasteiger charge is -2.03. The van der Waals surface area contributed by atoms with Crippen LogP contribution in [-0.4, -0.2) is 10.7 Å². The van der Waals surface area contributed by atoms with Crippen molar-refractivity contribution in [1.82, 2.24) is 4.98 Å². The minimum Gasteiger partial charge on any atom is -0.236 e. The summed E-state index contributed by atoms with van der Waals surface area (Å²) in [6.45, 7) is 2.15. The number of fused-ring (bicyclic) bond motifs is 1. The highest BCUT2D eigenvalue weighted by molar-refractivity contribution is 7.99. The molecule has 2 aromatic rings. The van der Waals surface area contributed by atoms with Crippen LogP contribution in [0.25, 0.3) is 10.9 Å². The van der Waals surface area contributed by atoms with Crippen LogP contribution in [0.5, 0.6) is 0 Å². The fourth-order valence-electron chi connectivity index (χ4n) is 1.38. The third-order valence-corrected chi connectivity index (χ3v) is 3.12. The molecule has 0 amide bonds. The van der Waals surface area contributed by atoms with Crippen LogP contribution in [0.4, 0.5) is 0 Å². The highest BCUT2D eigenvalue weighted by Gasteiger charge is 2.01. The maximum atomic E-state index is 5.83. The van der Waals surface area contributed by atoms with Crippen molar-refractivity contribution in [2.45, 2.75) is 11.8 Å². The SMILES string of the molecule is CCSc1cccc2nc(Cl)ccc12. The number of benzene rings is 1. The zero-order valence-electron chi connectivity index (χ0n) is 7.83. The summed E-state index contributed by atoms with van der Waals surface area (Å²) >= 11 is 7.66. The predicted molar refractivity (Wildman–Crippen MR) is 63.2 cm³/mol.